The maximum Gasteiger partial charge on any atom is 0.311 e. The highest BCUT2D eigenvalue weighted by molar-refractivity contribution is 5.84. The lowest BCUT2D eigenvalue weighted by Gasteiger charge is -2.26. The number of rotatable bonds is 3. The lowest BCUT2D eigenvalue weighted by molar-refractivity contribution is -0.157. The van der Waals surface area contributed by atoms with Crippen LogP contribution in [0.4, 0.5) is 0 Å². The second-order valence-electron chi connectivity index (χ2n) is 5.90. The van der Waals surface area contributed by atoms with Crippen molar-refractivity contribution in [1.29, 1.82) is 0 Å². The molecule has 2 heterocycles. The highest BCUT2D eigenvalue weighted by Crippen LogP contribution is 2.49. The van der Waals surface area contributed by atoms with Gasteiger partial charge >= 0.3 is 11.9 Å². The predicted octanol–water partition coefficient (Wildman–Crippen LogP) is 1.78. The Labute approximate surface area is 130 Å². The van der Waals surface area contributed by atoms with Gasteiger partial charge in [-0.15, -0.1) is 0 Å². The normalized spacial score (nSPS) is 30.8. The molecule has 3 rings (SSSR count). The van der Waals surface area contributed by atoms with Gasteiger partial charge in [0.1, 0.15) is 0 Å². The molecule has 2 aliphatic heterocycles. The Bertz CT molecular complexity index is 559. The number of carbonyl (C=O) groups is 2. The Morgan fingerprint density at radius 3 is 2.32 bits per heavy atom. The Morgan fingerprint density at radius 1 is 1.05 bits per heavy atom. The van der Waals surface area contributed by atoms with Crippen molar-refractivity contribution in [3.05, 3.63) is 35.9 Å². The van der Waals surface area contributed by atoms with Crippen molar-refractivity contribution < 1.29 is 19.1 Å². The summed E-state index contributed by atoms with van der Waals surface area (Å²) in [6.45, 7) is 0.894. The molecule has 22 heavy (non-hydrogen) atoms. The van der Waals surface area contributed by atoms with Crippen LogP contribution < -0.4 is 0 Å². The third-order valence-electron chi connectivity index (χ3n) is 4.93. The summed E-state index contributed by atoms with van der Waals surface area (Å²) in [4.78, 5) is 27.0. The van der Waals surface area contributed by atoms with E-state index in [-0.39, 0.29) is 24.0 Å². The molecule has 0 spiro atoms. The van der Waals surface area contributed by atoms with E-state index < -0.39 is 11.8 Å². The van der Waals surface area contributed by atoms with E-state index in [1.165, 1.54) is 14.2 Å². The number of hydrogen-bond donors (Lipinski definition) is 0. The first-order chi connectivity index (χ1) is 10.7. The van der Waals surface area contributed by atoms with Crippen molar-refractivity contribution in [3.63, 3.8) is 0 Å². The first-order valence-corrected chi connectivity index (χ1v) is 7.65. The first kappa shape index (κ1) is 15.0. The summed E-state index contributed by atoms with van der Waals surface area (Å²) >= 11 is 0. The molecule has 5 nitrogen and oxygen atoms in total. The summed E-state index contributed by atoms with van der Waals surface area (Å²) in [6.07, 6.45) is 1.95. The van der Waals surface area contributed by atoms with E-state index in [4.69, 9.17) is 9.47 Å². The molecule has 0 N–H and O–H groups in total. The quantitative estimate of drug-likeness (QED) is 0.797. The van der Waals surface area contributed by atoms with Gasteiger partial charge in [-0.3, -0.25) is 14.5 Å². The zero-order chi connectivity index (χ0) is 15.7. The molecule has 0 aliphatic carbocycles. The molecule has 0 amide bonds. The van der Waals surface area contributed by atoms with E-state index in [9.17, 15) is 9.59 Å². The van der Waals surface area contributed by atoms with Crippen molar-refractivity contribution in [2.75, 3.05) is 20.8 Å². The van der Waals surface area contributed by atoms with Gasteiger partial charge in [0.2, 0.25) is 0 Å². The number of hydrogen-bond acceptors (Lipinski definition) is 5. The maximum absolute atomic E-state index is 12.4. The van der Waals surface area contributed by atoms with E-state index in [2.05, 4.69) is 4.90 Å². The number of nitrogens with zero attached hydrogens (tertiary/aromatic N) is 1. The van der Waals surface area contributed by atoms with Gasteiger partial charge in [0, 0.05) is 12.1 Å². The molecule has 2 saturated heterocycles. The van der Waals surface area contributed by atoms with Gasteiger partial charge in [0.15, 0.2) is 0 Å². The van der Waals surface area contributed by atoms with Crippen LogP contribution in [0.5, 0.6) is 0 Å². The van der Waals surface area contributed by atoms with E-state index in [1.54, 1.807) is 0 Å². The molecule has 2 fully saturated rings. The Balaban J connectivity index is 2.05. The van der Waals surface area contributed by atoms with E-state index in [0.717, 1.165) is 24.9 Å². The molecule has 4 atom stereocenters. The van der Waals surface area contributed by atoms with Crippen LogP contribution >= 0.6 is 0 Å². The van der Waals surface area contributed by atoms with Crippen LogP contribution in [0, 0.1) is 11.8 Å². The van der Waals surface area contributed by atoms with Gasteiger partial charge in [0.25, 0.3) is 0 Å². The fraction of sp³-hybridized carbons (Fsp3) is 0.529. The van der Waals surface area contributed by atoms with E-state index >= 15 is 0 Å². The minimum absolute atomic E-state index is 0.0572. The monoisotopic (exact) mass is 303 g/mol. The summed E-state index contributed by atoms with van der Waals surface area (Å²) in [7, 11) is 2.76. The molecule has 0 radical (unpaired) electrons. The molecule has 0 saturated carbocycles. The second kappa shape index (κ2) is 6.08. The third-order valence-corrected chi connectivity index (χ3v) is 4.93. The molecule has 0 aromatic heterocycles. The van der Waals surface area contributed by atoms with Crippen LogP contribution in [0.25, 0.3) is 0 Å². The minimum Gasteiger partial charge on any atom is -0.469 e. The van der Waals surface area contributed by atoms with Crippen LogP contribution in [0.15, 0.2) is 30.3 Å². The van der Waals surface area contributed by atoms with Crippen molar-refractivity contribution in [2.45, 2.75) is 24.9 Å². The molecule has 5 heteroatoms. The maximum atomic E-state index is 12.4. The molecule has 1 aromatic rings. The van der Waals surface area contributed by atoms with Gasteiger partial charge < -0.3 is 9.47 Å². The van der Waals surface area contributed by atoms with Gasteiger partial charge in [-0.25, -0.2) is 0 Å². The molecule has 0 unspecified atom stereocenters. The van der Waals surface area contributed by atoms with Crippen molar-refractivity contribution >= 4 is 11.9 Å². The summed E-state index contributed by atoms with van der Waals surface area (Å²) in [5.41, 5.74) is 1.05. The van der Waals surface area contributed by atoms with Gasteiger partial charge in [-0.2, -0.15) is 0 Å². The average Bonchev–Trinajstić information content (AvgIpc) is 3.13. The van der Waals surface area contributed by atoms with E-state index in [1.807, 2.05) is 30.3 Å². The van der Waals surface area contributed by atoms with Crippen LogP contribution in [0.3, 0.4) is 0 Å². The van der Waals surface area contributed by atoms with Crippen LogP contribution in [-0.4, -0.2) is 43.6 Å². The lowest BCUT2D eigenvalue weighted by atomic mass is 9.83. The topological polar surface area (TPSA) is 55.8 Å². The smallest absolute Gasteiger partial charge is 0.311 e. The number of methoxy groups -OCH3 is 2. The molecule has 1 aromatic carbocycles. The molecular weight excluding hydrogens is 282 g/mol. The van der Waals surface area contributed by atoms with Gasteiger partial charge in [-0.05, 0) is 24.9 Å². The van der Waals surface area contributed by atoms with Crippen molar-refractivity contribution in [3.8, 4) is 0 Å². The first-order valence-electron chi connectivity index (χ1n) is 7.65. The molecule has 0 bridgehead atoms. The van der Waals surface area contributed by atoms with Crippen molar-refractivity contribution in [1.82, 2.24) is 4.90 Å². The summed E-state index contributed by atoms with van der Waals surface area (Å²) in [5.74, 6) is -1.61. The Hall–Kier alpha value is -1.88. The highest BCUT2D eigenvalue weighted by Gasteiger charge is 2.57. The number of esters is 2. The van der Waals surface area contributed by atoms with Gasteiger partial charge in [0.05, 0.1) is 26.1 Å². The number of fused-ring (bicyclic) bond motifs is 1. The Morgan fingerprint density at radius 2 is 1.68 bits per heavy atom. The van der Waals surface area contributed by atoms with Crippen LogP contribution in [0.1, 0.15) is 24.4 Å². The fourth-order valence-corrected chi connectivity index (χ4v) is 4.09. The Kier molecular flexibility index (Phi) is 4.16. The summed E-state index contributed by atoms with van der Waals surface area (Å²) in [5, 5.41) is 0. The largest absolute Gasteiger partial charge is 0.469 e. The van der Waals surface area contributed by atoms with Gasteiger partial charge in [-0.1, -0.05) is 30.3 Å². The minimum atomic E-state index is -0.509. The standard InChI is InChI=1S/C17H21NO4/c1-21-16(19)13-12-9-6-10-18(12)15(14(13)17(20)22-2)11-7-4-3-5-8-11/h3-5,7-8,12-15H,6,9-10H2,1-2H3/t12-,13+,14-,15-/m1/s1. The van der Waals surface area contributed by atoms with Crippen LogP contribution in [0.2, 0.25) is 0 Å². The fourth-order valence-electron chi connectivity index (χ4n) is 4.09. The number of carbonyl (C=O) groups excluding carboxylic acids is 2. The third kappa shape index (κ3) is 2.29. The SMILES string of the molecule is COC(=O)[C@@H]1[C@@H](C(=O)OC)[C@@H](c2ccccc2)N2CCC[C@H]12. The zero-order valence-electron chi connectivity index (χ0n) is 12.9. The lowest BCUT2D eigenvalue weighted by Crippen LogP contribution is -2.35. The number of benzene rings is 1. The molecule has 2 aliphatic rings. The molecular formula is C17H21NO4. The predicted molar refractivity (Wildman–Crippen MR) is 79.9 cm³/mol. The average molecular weight is 303 g/mol. The number of ether oxygens (including phenoxy) is 2. The van der Waals surface area contributed by atoms with Crippen LogP contribution in [-0.2, 0) is 19.1 Å². The second-order valence-corrected chi connectivity index (χ2v) is 5.90. The summed E-state index contributed by atoms with van der Waals surface area (Å²) < 4.78 is 9.98. The van der Waals surface area contributed by atoms with Crippen molar-refractivity contribution in [2.24, 2.45) is 11.8 Å². The summed E-state index contributed by atoms with van der Waals surface area (Å²) in [6, 6.07) is 9.82. The molecule has 118 valence electrons. The zero-order valence-corrected chi connectivity index (χ0v) is 12.9. The highest BCUT2D eigenvalue weighted by atomic mass is 16.5. The van der Waals surface area contributed by atoms with E-state index in [0.29, 0.717) is 0 Å².